The zero-order valence-corrected chi connectivity index (χ0v) is 17.4. The Morgan fingerprint density at radius 1 is 1.29 bits per heavy atom. The zero-order valence-electron chi connectivity index (χ0n) is 17.4. The van der Waals surface area contributed by atoms with Crippen LogP contribution in [-0.2, 0) is 11.3 Å². The molecule has 2 aliphatic rings. The van der Waals surface area contributed by atoms with Gasteiger partial charge in [0.2, 0.25) is 5.91 Å². The van der Waals surface area contributed by atoms with Crippen LogP contribution < -0.4 is 10.6 Å². The number of carbonyl (C=O) groups is 1. The minimum atomic E-state index is 0.299. The minimum absolute atomic E-state index is 0.299. The summed E-state index contributed by atoms with van der Waals surface area (Å²) in [5.74, 6) is 1.20. The molecule has 2 heterocycles. The zero-order chi connectivity index (χ0) is 19.8. The molecule has 6 heteroatoms. The molecule has 0 radical (unpaired) electrons. The molecule has 0 spiro atoms. The Balaban J connectivity index is 1.46. The van der Waals surface area contributed by atoms with Gasteiger partial charge in [0.1, 0.15) is 0 Å². The van der Waals surface area contributed by atoms with Gasteiger partial charge in [0, 0.05) is 57.8 Å². The standard InChI is InChI=1S/C22H35N5O/c1-3-23-22(24-12-8-14-26-13-7-11-21(26)28)25-20-15-18(2)27(17-20)16-19-9-5-4-6-10-19/h4-6,9-10,18,20H,3,7-8,11-17H2,1-2H3,(H2,23,24,25). The van der Waals surface area contributed by atoms with E-state index in [2.05, 4.69) is 59.7 Å². The molecule has 2 saturated heterocycles. The molecule has 1 aromatic carbocycles. The third-order valence-electron chi connectivity index (χ3n) is 5.64. The molecular weight excluding hydrogens is 350 g/mol. The van der Waals surface area contributed by atoms with Gasteiger partial charge in [-0.1, -0.05) is 30.3 Å². The van der Waals surface area contributed by atoms with Crippen molar-refractivity contribution in [2.45, 2.75) is 58.2 Å². The van der Waals surface area contributed by atoms with E-state index in [0.717, 1.165) is 64.5 Å². The fourth-order valence-electron chi connectivity index (χ4n) is 4.15. The van der Waals surface area contributed by atoms with Crippen molar-refractivity contribution in [1.82, 2.24) is 20.4 Å². The number of amides is 1. The molecule has 0 aliphatic carbocycles. The fraction of sp³-hybridized carbons (Fsp3) is 0.636. The second-order valence-electron chi connectivity index (χ2n) is 7.94. The Morgan fingerprint density at radius 3 is 2.82 bits per heavy atom. The highest BCUT2D eigenvalue weighted by atomic mass is 16.2. The Bertz CT molecular complexity index is 648. The average molecular weight is 386 g/mol. The number of aliphatic imine (C=N–C) groups is 1. The van der Waals surface area contributed by atoms with Crippen LogP contribution in [0.3, 0.4) is 0 Å². The van der Waals surface area contributed by atoms with Crippen molar-refractivity contribution < 1.29 is 4.79 Å². The summed E-state index contributed by atoms with van der Waals surface area (Å²) in [6.07, 6.45) is 3.77. The van der Waals surface area contributed by atoms with Crippen molar-refractivity contribution in [3.05, 3.63) is 35.9 Å². The van der Waals surface area contributed by atoms with E-state index in [9.17, 15) is 4.79 Å². The third kappa shape index (κ3) is 5.96. The van der Waals surface area contributed by atoms with E-state index in [-0.39, 0.29) is 0 Å². The van der Waals surface area contributed by atoms with Crippen molar-refractivity contribution in [2.24, 2.45) is 4.99 Å². The van der Waals surface area contributed by atoms with E-state index in [4.69, 9.17) is 4.99 Å². The minimum Gasteiger partial charge on any atom is -0.357 e. The second-order valence-corrected chi connectivity index (χ2v) is 7.94. The normalized spacial score (nSPS) is 23.4. The van der Waals surface area contributed by atoms with Crippen molar-refractivity contribution in [3.63, 3.8) is 0 Å². The monoisotopic (exact) mass is 385 g/mol. The van der Waals surface area contributed by atoms with Crippen LogP contribution in [0.15, 0.2) is 35.3 Å². The lowest BCUT2D eigenvalue weighted by atomic mass is 10.2. The molecule has 28 heavy (non-hydrogen) atoms. The quantitative estimate of drug-likeness (QED) is 0.409. The lowest BCUT2D eigenvalue weighted by Crippen LogP contribution is -2.44. The summed E-state index contributed by atoms with van der Waals surface area (Å²) in [6.45, 7) is 9.77. The van der Waals surface area contributed by atoms with Crippen LogP contribution in [-0.4, -0.2) is 66.5 Å². The SMILES string of the molecule is CCNC(=NCCCN1CCCC1=O)NC1CC(C)N(Cc2ccccc2)C1. The molecule has 154 valence electrons. The number of carbonyl (C=O) groups excluding carboxylic acids is 1. The van der Waals surface area contributed by atoms with E-state index in [1.165, 1.54) is 5.56 Å². The average Bonchev–Trinajstić information content (AvgIpc) is 3.25. The second kappa shape index (κ2) is 10.5. The van der Waals surface area contributed by atoms with Gasteiger partial charge in [-0.3, -0.25) is 14.7 Å². The molecule has 2 unspecified atom stereocenters. The van der Waals surface area contributed by atoms with Crippen LogP contribution in [0.4, 0.5) is 0 Å². The number of hydrogen-bond acceptors (Lipinski definition) is 3. The first-order chi connectivity index (χ1) is 13.7. The topological polar surface area (TPSA) is 60.0 Å². The number of nitrogens with zero attached hydrogens (tertiary/aromatic N) is 3. The molecule has 2 atom stereocenters. The summed E-state index contributed by atoms with van der Waals surface area (Å²) in [4.78, 5) is 20.9. The number of nitrogens with one attached hydrogen (secondary N) is 2. The van der Waals surface area contributed by atoms with Crippen molar-refractivity contribution in [2.75, 3.05) is 32.7 Å². The van der Waals surface area contributed by atoms with Crippen LogP contribution in [0.25, 0.3) is 0 Å². The maximum absolute atomic E-state index is 11.7. The van der Waals surface area contributed by atoms with Gasteiger partial charge in [0.15, 0.2) is 5.96 Å². The molecule has 2 N–H and O–H groups in total. The van der Waals surface area contributed by atoms with Gasteiger partial charge in [-0.15, -0.1) is 0 Å². The molecule has 6 nitrogen and oxygen atoms in total. The number of benzene rings is 1. The van der Waals surface area contributed by atoms with Crippen LogP contribution in [0.1, 0.15) is 45.1 Å². The summed E-state index contributed by atoms with van der Waals surface area (Å²) in [6, 6.07) is 11.7. The first kappa shape index (κ1) is 20.6. The Hall–Kier alpha value is -2.08. The largest absolute Gasteiger partial charge is 0.357 e. The smallest absolute Gasteiger partial charge is 0.222 e. The van der Waals surface area contributed by atoms with Gasteiger partial charge >= 0.3 is 0 Å². The van der Waals surface area contributed by atoms with E-state index < -0.39 is 0 Å². The van der Waals surface area contributed by atoms with Gasteiger partial charge in [-0.25, -0.2) is 0 Å². The molecule has 2 fully saturated rings. The molecule has 0 saturated carbocycles. The number of rotatable bonds is 8. The molecule has 2 aliphatic heterocycles. The van der Waals surface area contributed by atoms with Crippen LogP contribution in [0, 0.1) is 0 Å². The predicted octanol–water partition coefficient (Wildman–Crippen LogP) is 2.22. The summed E-state index contributed by atoms with van der Waals surface area (Å²) < 4.78 is 0. The van der Waals surface area contributed by atoms with Gasteiger partial charge in [0.05, 0.1) is 0 Å². The molecule has 1 amide bonds. The van der Waals surface area contributed by atoms with E-state index in [1.54, 1.807) is 0 Å². The van der Waals surface area contributed by atoms with Gasteiger partial charge < -0.3 is 15.5 Å². The van der Waals surface area contributed by atoms with E-state index in [0.29, 0.717) is 24.4 Å². The molecule has 0 bridgehead atoms. The lowest BCUT2D eigenvalue weighted by Gasteiger charge is -2.21. The van der Waals surface area contributed by atoms with Crippen molar-refractivity contribution in [1.29, 1.82) is 0 Å². The van der Waals surface area contributed by atoms with Crippen LogP contribution in [0.5, 0.6) is 0 Å². The third-order valence-corrected chi connectivity index (χ3v) is 5.64. The van der Waals surface area contributed by atoms with Gasteiger partial charge in [-0.2, -0.15) is 0 Å². The Morgan fingerprint density at radius 2 is 2.11 bits per heavy atom. The molecule has 1 aromatic rings. The molecule has 0 aromatic heterocycles. The summed E-state index contributed by atoms with van der Waals surface area (Å²) >= 11 is 0. The number of guanidine groups is 1. The van der Waals surface area contributed by atoms with E-state index in [1.807, 2.05) is 4.90 Å². The maximum Gasteiger partial charge on any atom is 0.222 e. The Kier molecular flexibility index (Phi) is 7.71. The molecule has 3 rings (SSSR count). The highest BCUT2D eigenvalue weighted by molar-refractivity contribution is 5.80. The van der Waals surface area contributed by atoms with Crippen LogP contribution in [0.2, 0.25) is 0 Å². The lowest BCUT2D eigenvalue weighted by molar-refractivity contribution is -0.127. The summed E-state index contributed by atoms with van der Waals surface area (Å²) in [5, 5.41) is 6.98. The van der Waals surface area contributed by atoms with Gasteiger partial charge in [-0.05, 0) is 38.7 Å². The van der Waals surface area contributed by atoms with Gasteiger partial charge in [0.25, 0.3) is 0 Å². The Labute approximate surface area is 169 Å². The summed E-state index contributed by atoms with van der Waals surface area (Å²) in [5.41, 5.74) is 1.37. The van der Waals surface area contributed by atoms with Crippen molar-refractivity contribution in [3.8, 4) is 0 Å². The first-order valence-electron chi connectivity index (χ1n) is 10.8. The fourth-order valence-corrected chi connectivity index (χ4v) is 4.15. The van der Waals surface area contributed by atoms with Crippen LogP contribution >= 0.6 is 0 Å². The number of likely N-dealkylation sites (tertiary alicyclic amines) is 2. The highest BCUT2D eigenvalue weighted by Crippen LogP contribution is 2.20. The molecular formula is C22H35N5O. The maximum atomic E-state index is 11.7. The number of hydrogen-bond donors (Lipinski definition) is 2. The first-order valence-corrected chi connectivity index (χ1v) is 10.8. The predicted molar refractivity (Wildman–Crippen MR) is 114 cm³/mol. The highest BCUT2D eigenvalue weighted by Gasteiger charge is 2.29. The van der Waals surface area contributed by atoms with E-state index >= 15 is 0 Å². The van der Waals surface area contributed by atoms with Crippen molar-refractivity contribution >= 4 is 11.9 Å². The summed E-state index contributed by atoms with van der Waals surface area (Å²) in [7, 11) is 0.